The van der Waals surface area contributed by atoms with Crippen molar-refractivity contribution in [1.29, 1.82) is 0 Å². The number of ether oxygens (including phenoxy) is 3. The zero-order valence-electron chi connectivity index (χ0n) is 11.0. The largest absolute Gasteiger partial charge is 0.381 e. The number of hydrogen-bond donors (Lipinski definition) is 2. The molecule has 2 aliphatic rings. The van der Waals surface area contributed by atoms with Gasteiger partial charge in [-0.05, 0) is 6.42 Å². The zero-order chi connectivity index (χ0) is 12.8. The first-order valence-electron chi connectivity index (χ1n) is 6.67. The molecular formula is C12H23N3O3. The molecule has 0 amide bonds. The molecule has 6 nitrogen and oxygen atoms in total. The monoisotopic (exact) mass is 257 g/mol. The van der Waals surface area contributed by atoms with Crippen LogP contribution < -0.4 is 11.1 Å². The molecule has 3 N–H and O–H groups in total. The van der Waals surface area contributed by atoms with E-state index in [-0.39, 0.29) is 6.10 Å². The van der Waals surface area contributed by atoms with Crippen molar-refractivity contribution in [3.63, 3.8) is 0 Å². The third-order valence-electron chi connectivity index (χ3n) is 3.19. The first-order valence-corrected chi connectivity index (χ1v) is 6.67. The van der Waals surface area contributed by atoms with E-state index in [0.717, 1.165) is 25.8 Å². The van der Waals surface area contributed by atoms with E-state index in [1.165, 1.54) is 0 Å². The van der Waals surface area contributed by atoms with E-state index in [1.807, 2.05) is 0 Å². The number of hydrogen-bond acceptors (Lipinski definition) is 4. The molecule has 0 aromatic carbocycles. The maximum atomic E-state index is 5.95. The molecule has 6 heteroatoms. The predicted octanol–water partition coefficient (Wildman–Crippen LogP) is 0.223. The SMILES string of the molecule is CCCNC(N)=NCC1COC2(CCOCC2)O1. The molecule has 1 unspecified atom stereocenters. The number of nitrogens with two attached hydrogens (primary N) is 1. The predicted molar refractivity (Wildman–Crippen MR) is 68.4 cm³/mol. The fourth-order valence-corrected chi connectivity index (χ4v) is 2.16. The molecule has 104 valence electrons. The highest BCUT2D eigenvalue weighted by Gasteiger charge is 2.42. The molecule has 0 aliphatic carbocycles. The van der Waals surface area contributed by atoms with Crippen LogP contribution in [0.1, 0.15) is 26.2 Å². The van der Waals surface area contributed by atoms with Gasteiger partial charge in [-0.3, -0.25) is 4.99 Å². The van der Waals surface area contributed by atoms with Crippen LogP contribution in [-0.4, -0.2) is 50.8 Å². The molecule has 0 saturated carbocycles. The van der Waals surface area contributed by atoms with Gasteiger partial charge in [0.15, 0.2) is 11.7 Å². The second-order valence-electron chi connectivity index (χ2n) is 4.73. The molecule has 2 aliphatic heterocycles. The van der Waals surface area contributed by atoms with Gasteiger partial charge in [-0.1, -0.05) is 6.92 Å². The summed E-state index contributed by atoms with van der Waals surface area (Å²) < 4.78 is 17.0. The fourth-order valence-electron chi connectivity index (χ4n) is 2.16. The molecule has 1 atom stereocenters. The summed E-state index contributed by atoms with van der Waals surface area (Å²) >= 11 is 0. The number of guanidine groups is 1. The Hall–Kier alpha value is -0.850. The molecule has 2 fully saturated rings. The number of rotatable bonds is 4. The molecule has 2 rings (SSSR count). The summed E-state index contributed by atoms with van der Waals surface area (Å²) in [6, 6.07) is 0. The minimum absolute atomic E-state index is 0.00470. The summed E-state index contributed by atoms with van der Waals surface area (Å²) in [4.78, 5) is 4.27. The first-order chi connectivity index (χ1) is 8.74. The van der Waals surface area contributed by atoms with E-state index in [0.29, 0.717) is 32.3 Å². The van der Waals surface area contributed by atoms with E-state index in [1.54, 1.807) is 0 Å². The van der Waals surface area contributed by atoms with Crippen LogP contribution in [0, 0.1) is 0 Å². The minimum atomic E-state index is -0.427. The van der Waals surface area contributed by atoms with Gasteiger partial charge in [0.2, 0.25) is 0 Å². The summed E-state index contributed by atoms with van der Waals surface area (Å²) in [7, 11) is 0. The molecule has 0 bridgehead atoms. The smallest absolute Gasteiger partial charge is 0.188 e. The Bertz CT molecular complexity index is 290. The Morgan fingerprint density at radius 3 is 2.94 bits per heavy atom. The average Bonchev–Trinajstić information content (AvgIpc) is 2.78. The highest BCUT2D eigenvalue weighted by Crippen LogP contribution is 2.33. The molecule has 1 spiro atoms. The second kappa shape index (κ2) is 6.36. The van der Waals surface area contributed by atoms with Crippen molar-refractivity contribution in [3.8, 4) is 0 Å². The molecule has 18 heavy (non-hydrogen) atoms. The number of aliphatic imine (C=N–C) groups is 1. The zero-order valence-corrected chi connectivity index (χ0v) is 11.0. The quantitative estimate of drug-likeness (QED) is 0.556. The second-order valence-corrected chi connectivity index (χ2v) is 4.73. The van der Waals surface area contributed by atoms with Crippen molar-refractivity contribution in [2.45, 2.75) is 38.1 Å². The molecule has 2 saturated heterocycles. The number of nitrogens with one attached hydrogen (secondary N) is 1. The van der Waals surface area contributed by atoms with Crippen LogP contribution in [0.15, 0.2) is 4.99 Å². The highest BCUT2D eigenvalue weighted by molar-refractivity contribution is 5.77. The van der Waals surface area contributed by atoms with Gasteiger partial charge in [-0.2, -0.15) is 0 Å². The maximum Gasteiger partial charge on any atom is 0.188 e. The molecule has 0 radical (unpaired) electrons. The fraction of sp³-hybridized carbons (Fsp3) is 0.917. The molecule has 0 aromatic rings. The summed E-state index contributed by atoms with van der Waals surface area (Å²) in [6.45, 7) is 5.48. The van der Waals surface area contributed by atoms with Gasteiger partial charge in [0.05, 0.1) is 26.4 Å². The lowest BCUT2D eigenvalue weighted by atomic mass is 10.1. The summed E-state index contributed by atoms with van der Waals surface area (Å²) in [5.74, 6) is 0.0534. The minimum Gasteiger partial charge on any atom is -0.381 e. The van der Waals surface area contributed by atoms with Gasteiger partial charge >= 0.3 is 0 Å². The van der Waals surface area contributed by atoms with Gasteiger partial charge in [0.1, 0.15) is 6.10 Å². The van der Waals surface area contributed by atoms with Gasteiger partial charge in [-0.15, -0.1) is 0 Å². The summed E-state index contributed by atoms with van der Waals surface area (Å²) in [6.07, 6.45) is 2.64. The third kappa shape index (κ3) is 3.57. The molecule has 2 heterocycles. The van der Waals surface area contributed by atoms with Crippen LogP contribution in [0.3, 0.4) is 0 Å². The van der Waals surface area contributed by atoms with Gasteiger partial charge in [0.25, 0.3) is 0 Å². The normalized spacial score (nSPS) is 27.6. The Labute approximate surface area is 108 Å². The van der Waals surface area contributed by atoms with Crippen LogP contribution in [0.25, 0.3) is 0 Å². The van der Waals surface area contributed by atoms with Crippen LogP contribution in [0.5, 0.6) is 0 Å². The Morgan fingerprint density at radius 2 is 2.22 bits per heavy atom. The van der Waals surface area contributed by atoms with Crippen molar-refractivity contribution >= 4 is 5.96 Å². The Balaban J connectivity index is 1.75. The summed E-state index contributed by atoms with van der Waals surface area (Å²) in [5.41, 5.74) is 5.73. The molecular weight excluding hydrogens is 234 g/mol. The number of nitrogens with zero attached hydrogens (tertiary/aromatic N) is 1. The van der Waals surface area contributed by atoms with Crippen LogP contribution in [0.2, 0.25) is 0 Å². The first kappa shape index (κ1) is 13.6. The van der Waals surface area contributed by atoms with Crippen LogP contribution in [0.4, 0.5) is 0 Å². The Morgan fingerprint density at radius 1 is 1.44 bits per heavy atom. The van der Waals surface area contributed by atoms with Gasteiger partial charge < -0.3 is 25.3 Å². The topological polar surface area (TPSA) is 78.1 Å². The lowest BCUT2D eigenvalue weighted by Crippen LogP contribution is -2.38. The van der Waals surface area contributed by atoms with Crippen molar-refractivity contribution in [3.05, 3.63) is 0 Å². The lowest BCUT2D eigenvalue weighted by Gasteiger charge is -2.31. The van der Waals surface area contributed by atoms with E-state index < -0.39 is 5.79 Å². The summed E-state index contributed by atoms with van der Waals surface area (Å²) in [5, 5.41) is 3.04. The van der Waals surface area contributed by atoms with Crippen molar-refractivity contribution in [1.82, 2.24) is 5.32 Å². The van der Waals surface area contributed by atoms with Crippen molar-refractivity contribution in [2.75, 3.05) is 32.9 Å². The van der Waals surface area contributed by atoms with E-state index in [9.17, 15) is 0 Å². The van der Waals surface area contributed by atoms with Crippen LogP contribution >= 0.6 is 0 Å². The maximum absolute atomic E-state index is 5.95. The van der Waals surface area contributed by atoms with Gasteiger partial charge in [-0.25, -0.2) is 0 Å². The standard InChI is InChI=1S/C12H23N3O3/c1-2-5-14-11(13)15-8-10-9-17-12(18-10)3-6-16-7-4-12/h10H,2-9H2,1H3,(H3,13,14,15). The average molecular weight is 257 g/mol. The highest BCUT2D eigenvalue weighted by atomic mass is 16.7. The van der Waals surface area contributed by atoms with Crippen molar-refractivity contribution in [2.24, 2.45) is 10.7 Å². The van der Waals surface area contributed by atoms with E-state index in [4.69, 9.17) is 19.9 Å². The van der Waals surface area contributed by atoms with E-state index >= 15 is 0 Å². The lowest BCUT2D eigenvalue weighted by molar-refractivity contribution is -0.210. The van der Waals surface area contributed by atoms with Gasteiger partial charge in [0, 0.05) is 19.4 Å². The Kier molecular flexibility index (Phi) is 4.79. The van der Waals surface area contributed by atoms with Crippen LogP contribution in [-0.2, 0) is 14.2 Å². The molecule has 0 aromatic heterocycles. The van der Waals surface area contributed by atoms with Crippen molar-refractivity contribution < 1.29 is 14.2 Å². The van der Waals surface area contributed by atoms with E-state index in [2.05, 4.69) is 17.2 Å². The third-order valence-corrected chi connectivity index (χ3v) is 3.19.